The Balaban J connectivity index is 1.30. The minimum absolute atomic E-state index is 0.0363. The van der Waals surface area contributed by atoms with E-state index in [0.717, 1.165) is 30.4 Å². The monoisotopic (exact) mass is 468 g/mol. The number of aryl methyl sites for hydroxylation is 2. The molecule has 2 atom stereocenters. The van der Waals surface area contributed by atoms with Crippen molar-refractivity contribution < 1.29 is 19.1 Å². The first kappa shape index (κ1) is 21.7. The molecule has 1 N–H and O–H groups in total. The Kier molecular flexibility index (Phi) is 5.44. The third-order valence-corrected chi connectivity index (χ3v) is 7.36. The molecule has 2 unspecified atom stereocenters. The lowest BCUT2D eigenvalue weighted by atomic mass is 9.86. The van der Waals surface area contributed by atoms with Crippen LogP contribution in [0.3, 0.4) is 0 Å². The number of hydrogen-bond donors (Lipinski definition) is 1. The maximum Gasteiger partial charge on any atom is 0.254 e. The van der Waals surface area contributed by atoms with Gasteiger partial charge < -0.3 is 19.7 Å². The van der Waals surface area contributed by atoms with Crippen molar-refractivity contribution in [2.24, 2.45) is 0 Å². The Morgan fingerprint density at radius 3 is 2.66 bits per heavy atom. The number of nitrogens with zero attached hydrogens (tertiary/aromatic N) is 1. The van der Waals surface area contributed by atoms with Gasteiger partial charge >= 0.3 is 0 Å². The zero-order chi connectivity index (χ0) is 23.9. The van der Waals surface area contributed by atoms with Crippen molar-refractivity contribution in [3.63, 3.8) is 0 Å². The van der Waals surface area contributed by atoms with Crippen LogP contribution in [-0.4, -0.2) is 29.5 Å². The maximum absolute atomic E-state index is 13.8. The molecule has 178 valence electrons. The highest BCUT2D eigenvalue weighted by molar-refractivity contribution is 5.98. The molecule has 0 saturated carbocycles. The van der Waals surface area contributed by atoms with Gasteiger partial charge in [-0.25, -0.2) is 0 Å². The van der Waals surface area contributed by atoms with Gasteiger partial charge in [-0.15, -0.1) is 0 Å². The number of carbonyl (C=O) groups is 2. The molecule has 0 spiro atoms. The van der Waals surface area contributed by atoms with E-state index < -0.39 is 6.04 Å². The van der Waals surface area contributed by atoms with Gasteiger partial charge in [0.1, 0.15) is 6.04 Å². The van der Waals surface area contributed by atoms with Crippen molar-refractivity contribution in [3.8, 4) is 11.5 Å². The molecular formula is C29H28N2O4. The average Bonchev–Trinajstić information content (AvgIpc) is 3.36. The predicted molar refractivity (Wildman–Crippen MR) is 131 cm³/mol. The summed E-state index contributed by atoms with van der Waals surface area (Å²) < 4.78 is 10.9. The molecule has 6 heteroatoms. The predicted octanol–water partition coefficient (Wildman–Crippen LogP) is 4.48. The van der Waals surface area contributed by atoms with Crippen LogP contribution in [0, 0.1) is 6.92 Å². The van der Waals surface area contributed by atoms with Crippen molar-refractivity contribution in [3.05, 3.63) is 94.0 Å². The zero-order valence-electron chi connectivity index (χ0n) is 19.8. The molecular weight excluding hydrogens is 440 g/mol. The highest BCUT2D eigenvalue weighted by Crippen LogP contribution is 2.35. The van der Waals surface area contributed by atoms with Crippen LogP contribution in [0.25, 0.3) is 0 Å². The molecule has 3 aliphatic rings. The number of benzene rings is 3. The summed E-state index contributed by atoms with van der Waals surface area (Å²) in [7, 11) is 0. The van der Waals surface area contributed by atoms with Crippen LogP contribution in [0.4, 0.5) is 0 Å². The summed E-state index contributed by atoms with van der Waals surface area (Å²) in [6.45, 7) is 2.62. The van der Waals surface area contributed by atoms with Gasteiger partial charge in [-0.3, -0.25) is 9.59 Å². The highest BCUT2D eigenvalue weighted by Gasteiger charge is 2.37. The van der Waals surface area contributed by atoms with Crippen molar-refractivity contribution in [2.45, 2.75) is 51.2 Å². The Morgan fingerprint density at radius 1 is 0.943 bits per heavy atom. The molecule has 0 aromatic heterocycles. The molecule has 2 heterocycles. The van der Waals surface area contributed by atoms with E-state index in [2.05, 4.69) is 36.5 Å². The summed E-state index contributed by atoms with van der Waals surface area (Å²) >= 11 is 0. The Hall–Kier alpha value is -3.80. The van der Waals surface area contributed by atoms with Gasteiger partial charge in [-0.2, -0.15) is 0 Å². The molecule has 35 heavy (non-hydrogen) atoms. The van der Waals surface area contributed by atoms with E-state index in [0.29, 0.717) is 30.0 Å². The SMILES string of the molecule is Cc1ccc2c(c1)C(NC(=O)C1Cc3ccccc3CN1C(=O)c1ccc3c(c1)OCO3)CCC2. The minimum atomic E-state index is -0.585. The second-order valence-electron chi connectivity index (χ2n) is 9.65. The number of nitrogens with one attached hydrogen (secondary N) is 1. The third-order valence-electron chi connectivity index (χ3n) is 7.36. The van der Waals surface area contributed by atoms with Crippen LogP contribution >= 0.6 is 0 Å². The van der Waals surface area contributed by atoms with E-state index >= 15 is 0 Å². The summed E-state index contributed by atoms with van der Waals surface area (Å²) in [6, 6.07) is 19.1. The van der Waals surface area contributed by atoms with E-state index in [4.69, 9.17) is 9.47 Å². The first-order chi connectivity index (χ1) is 17.1. The zero-order valence-corrected chi connectivity index (χ0v) is 19.8. The standard InChI is InChI=1S/C29H28N2O4/c1-18-9-10-19-7-4-8-24(23(19)13-18)30-28(32)25-14-20-5-2-3-6-22(20)16-31(25)29(33)21-11-12-26-27(15-21)35-17-34-26/h2-3,5-6,9-13,15,24-25H,4,7-8,14,16-17H2,1H3,(H,30,32). The number of fused-ring (bicyclic) bond motifs is 3. The number of ether oxygens (including phenoxy) is 2. The van der Waals surface area contributed by atoms with Crippen LogP contribution in [0.5, 0.6) is 11.5 Å². The number of amides is 2. The second-order valence-corrected chi connectivity index (χ2v) is 9.65. The maximum atomic E-state index is 13.8. The fourth-order valence-corrected chi connectivity index (χ4v) is 5.50. The molecule has 0 fully saturated rings. The number of carbonyl (C=O) groups excluding carboxylic acids is 2. The van der Waals surface area contributed by atoms with Crippen molar-refractivity contribution in [1.82, 2.24) is 10.2 Å². The molecule has 0 saturated heterocycles. The van der Waals surface area contributed by atoms with Crippen molar-refractivity contribution in [1.29, 1.82) is 0 Å². The van der Waals surface area contributed by atoms with Crippen LogP contribution in [0.15, 0.2) is 60.7 Å². The van der Waals surface area contributed by atoms with Gasteiger partial charge in [0.2, 0.25) is 12.7 Å². The van der Waals surface area contributed by atoms with Gasteiger partial charge in [0.25, 0.3) is 5.91 Å². The van der Waals surface area contributed by atoms with Crippen molar-refractivity contribution >= 4 is 11.8 Å². The second kappa shape index (κ2) is 8.77. The molecule has 3 aromatic rings. The van der Waals surface area contributed by atoms with Gasteiger partial charge in [0.15, 0.2) is 11.5 Å². The smallest absolute Gasteiger partial charge is 0.254 e. The number of rotatable bonds is 3. The molecule has 6 rings (SSSR count). The lowest BCUT2D eigenvalue weighted by Crippen LogP contribution is -2.53. The van der Waals surface area contributed by atoms with Gasteiger partial charge in [0, 0.05) is 18.5 Å². The molecule has 2 amide bonds. The molecule has 2 aliphatic heterocycles. The quantitative estimate of drug-likeness (QED) is 0.615. The molecule has 0 bridgehead atoms. The molecule has 1 aliphatic carbocycles. The van der Waals surface area contributed by atoms with Crippen LogP contribution in [0.2, 0.25) is 0 Å². The van der Waals surface area contributed by atoms with Gasteiger partial charge in [-0.1, -0.05) is 48.0 Å². The summed E-state index contributed by atoms with van der Waals surface area (Å²) in [4.78, 5) is 29.2. The Labute approximate surface area is 204 Å². The lowest BCUT2D eigenvalue weighted by molar-refractivity contribution is -0.127. The summed E-state index contributed by atoms with van der Waals surface area (Å²) in [5.74, 6) is 0.903. The molecule has 3 aromatic carbocycles. The van der Waals surface area contributed by atoms with Crippen LogP contribution in [-0.2, 0) is 24.2 Å². The van der Waals surface area contributed by atoms with E-state index in [9.17, 15) is 9.59 Å². The van der Waals surface area contributed by atoms with E-state index in [1.54, 1.807) is 23.1 Å². The molecule has 6 nitrogen and oxygen atoms in total. The Bertz CT molecular complexity index is 1320. The van der Waals surface area contributed by atoms with E-state index in [1.807, 2.05) is 18.2 Å². The number of hydrogen-bond acceptors (Lipinski definition) is 4. The fourth-order valence-electron chi connectivity index (χ4n) is 5.50. The van der Waals surface area contributed by atoms with Gasteiger partial charge in [0.05, 0.1) is 6.04 Å². The highest BCUT2D eigenvalue weighted by atomic mass is 16.7. The topological polar surface area (TPSA) is 67.9 Å². The Morgan fingerprint density at radius 2 is 1.77 bits per heavy atom. The first-order valence-corrected chi connectivity index (χ1v) is 12.2. The third kappa shape index (κ3) is 4.03. The van der Waals surface area contributed by atoms with Gasteiger partial charge in [-0.05, 0) is 66.6 Å². The largest absolute Gasteiger partial charge is 0.454 e. The molecule has 0 radical (unpaired) electrons. The summed E-state index contributed by atoms with van der Waals surface area (Å²) in [5, 5.41) is 3.30. The van der Waals surface area contributed by atoms with Crippen LogP contribution < -0.4 is 14.8 Å². The van der Waals surface area contributed by atoms with E-state index in [-0.39, 0.29) is 24.6 Å². The summed E-state index contributed by atoms with van der Waals surface area (Å²) in [6.07, 6.45) is 3.47. The lowest BCUT2D eigenvalue weighted by Gasteiger charge is -2.37. The summed E-state index contributed by atoms with van der Waals surface area (Å²) in [5.41, 5.74) is 6.37. The first-order valence-electron chi connectivity index (χ1n) is 12.2. The van der Waals surface area contributed by atoms with E-state index in [1.165, 1.54) is 16.7 Å². The minimum Gasteiger partial charge on any atom is -0.454 e. The fraction of sp³-hybridized carbons (Fsp3) is 0.310. The van der Waals surface area contributed by atoms with Crippen LogP contribution in [0.1, 0.15) is 57.1 Å². The van der Waals surface area contributed by atoms with Crippen molar-refractivity contribution in [2.75, 3.05) is 6.79 Å². The average molecular weight is 469 g/mol. The normalized spacial score (nSPS) is 20.1.